The van der Waals surface area contributed by atoms with Gasteiger partial charge in [-0.05, 0) is 29.8 Å². The zero-order valence-corrected chi connectivity index (χ0v) is 10.1. The molecule has 3 aromatic rings. The Morgan fingerprint density at radius 2 is 1.95 bits per heavy atom. The Morgan fingerprint density at radius 3 is 2.79 bits per heavy atom. The van der Waals surface area contributed by atoms with E-state index in [0.717, 1.165) is 16.6 Å². The fraction of sp³-hybridized carbons (Fsp3) is 0. The van der Waals surface area contributed by atoms with E-state index in [2.05, 4.69) is 15.0 Å². The van der Waals surface area contributed by atoms with Crippen LogP contribution in [0.25, 0.3) is 23.2 Å². The molecule has 0 unspecified atom stereocenters. The van der Waals surface area contributed by atoms with Crippen LogP contribution in [0, 0.1) is 0 Å². The van der Waals surface area contributed by atoms with E-state index in [9.17, 15) is 4.79 Å². The molecule has 0 bridgehead atoms. The van der Waals surface area contributed by atoms with Gasteiger partial charge in [0.15, 0.2) is 0 Å². The van der Waals surface area contributed by atoms with Gasteiger partial charge in [-0.1, -0.05) is 24.3 Å². The van der Waals surface area contributed by atoms with E-state index >= 15 is 0 Å². The van der Waals surface area contributed by atoms with Crippen molar-refractivity contribution >= 4 is 23.2 Å². The molecule has 3 rings (SSSR count). The van der Waals surface area contributed by atoms with E-state index in [-0.39, 0.29) is 5.56 Å². The number of nitrogens with one attached hydrogen (secondary N) is 1. The molecule has 0 radical (unpaired) electrons. The second-order valence-electron chi connectivity index (χ2n) is 4.09. The van der Waals surface area contributed by atoms with Crippen LogP contribution in [-0.2, 0) is 0 Å². The first-order valence-electron chi connectivity index (χ1n) is 5.90. The molecule has 0 amide bonds. The first kappa shape index (κ1) is 11.3. The summed E-state index contributed by atoms with van der Waals surface area (Å²) in [5.74, 6) is 0. The SMILES string of the molecule is O=c1[nH]c2ccccc2nc1/C=C/c1cccnc1. The molecule has 0 spiro atoms. The average molecular weight is 249 g/mol. The van der Waals surface area contributed by atoms with Gasteiger partial charge in [-0.3, -0.25) is 9.78 Å². The van der Waals surface area contributed by atoms with Crippen LogP contribution in [0.1, 0.15) is 11.3 Å². The second-order valence-corrected chi connectivity index (χ2v) is 4.09. The number of hydrogen-bond acceptors (Lipinski definition) is 3. The molecule has 0 atom stereocenters. The van der Waals surface area contributed by atoms with Crippen molar-refractivity contribution in [3.63, 3.8) is 0 Å². The Morgan fingerprint density at radius 1 is 1.05 bits per heavy atom. The summed E-state index contributed by atoms with van der Waals surface area (Å²) in [4.78, 5) is 23.0. The van der Waals surface area contributed by atoms with Crippen LogP contribution < -0.4 is 5.56 Å². The largest absolute Gasteiger partial charge is 0.319 e. The maximum Gasteiger partial charge on any atom is 0.274 e. The van der Waals surface area contributed by atoms with Crippen molar-refractivity contribution in [2.75, 3.05) is 0 Å². The number of aromatic nitrogens is 3. The van der Waals surface area contributed by atoms with Gasteiger partial charge in [0.1, 0.15) is 5.69 Å². The Bertz CT molecular complexity index is 791. The summed E-state index contributed by atoms with van der Waals surface area (Å²) >= 11 is 0. The normalized spacial score (nSPS) is 11.2. The highest BCUT2D eigenvalue weighted by Crippen LogP contribution is 2.08. The molecule has 1 N–H and O–H groups in total. The number of aromatic amines is 1. The summed E-state index contributed by atoms with van der Waals surface area (Å²) < 4.78 is 0. The van der Waals surface area contributed by atoms with E-state index in [1.165, 1.54) is 0 Å². The van der Waals surface area contributed by atoms with Crippen LogP contribution >= 0.6 is 0 Å². The molecule has 0 saturated carbocycles. The summed E-state index contributed by atoms with van der Waals surface area (Å²) in [6.07, 6.45) is 6.95. The van der Waals surface area contributed by atoms with Gasteiger partial charge < -0.3 is 4.98 Å². The molecular formula is C15H11N3O. The Labute approximate surface area is 109 Å². The molecule has 4 heteroatoms. The third-order valence-electron chi connectivity index (χ3n) is 2.74. The fourth-order valence-corrected chi connectivity index (χ4v) is 1.81. The van der Waals surface area contributed by atoms with Gasteiger partial charge in [0.05, 0.1) is 11.0 Å². The minimum atomic E-state index is -0.196. The number of H-pyrrole nitrogens is 1. The van der Waals surface area contributed by atoms with Gasteiger partial charge in [0, 0.05) is 12.4 Å². The molecule has 0 aliphatic rings. The van der Waals surface area contributed by atoms with Crippen molar-refractivity contribution in [2.45, 2.75) is 0 Å². The minimum Gasteiger partial charge on any atom is -0.319 e. The van der Waals surface area contributed by atoms with Crippen LogP contribution in [0.15, 0.2) is 53.6 Å². The van der Waals surface area contributed by atoms with E-state index < -0.39 is 0 Å². The van der Waals surface area contributed by atoms with Crippen molar-refractivity contribution < 1.29 is 0 Å². The van der Waals surface area contributed by atoms with Crippen LogP contribution in [0.3, 0.4) is 0 Å². The molecule has 0 aliphatic carbocycles. The molecule has 2 heterocycles. The molecule has 19 heavy (non-hydrogen) atoms. The topological polar surface area (TPSA) is 58.6 Å². The van der Waals surface area contributed by atoms with E-state index in [1.54, 1.807) is 18.5 Å². The van der Waals surface area contributed by atoms with Crippen molar-refractivity contribution in [1.29, 1.82) is 0 Å². The van der Waals surface area contributed by atoms with Crippen LogP contribution in [0.2, 0.25) is 0 Å². The van der Waals surface area contributed by atoms with Crippen molar-refractivity contribution in [2.24, 2.45) is 0 Å². The van der Waals surface area contributed by atoms with Gasteiger partial charge in [0.2, 0.25) is 0 Å². The second kappa shape index (κ2) is 4.86. The molecular weight excluding hydrogens is 238 g/mol. The van der Waals surface area contributed by atoms with E-state index in [4.69, 9.17) is 0 Å². The molecule has 0 aliphatic heterocycles. The van der Waals surface area contributed by atoms with Gasteiger partial charge in [0.25, 0.3) is 5.56 Å². The molecule has 0 saturated heterocycles. The lowest BCUT2D eigenvalue weighted by atomic mass is 10.2. The molecule has 2 aromatic heterocycles. The van der Waals surface area contributed by atoms with Gasteiger partial charge in [-0.2, -0.15) is 0 Å². The lowest BCUT2D eigenvalue weighted by Gasteiger charge is -1.98. The number of pyridine rings is 1. The number of hydrogen-bond donors (Lipinski definition) is 1. The lowest BCUT2D eigenvalue weighted by molar-refractivity contribution is 1.19. The van der Waals surface area contributed by atoms with Crippen molar-refractivity contribution in [1.82, 2.24) is 15.0 Å². The summed E-state index contributed by atoms with van der Waals surface area (Å²) in [5.41, 5.74) is 2.64. The highest BCUT2D eigenvalue weighted by molar-refractivity contribution is 5.76. The Kier molecular flexibility index (Phi) is 2.90. The third kappa shape index (κ3) is 2.42. The molecule has 1 aromatic carbocycles. The number of para-hydroxylation sites is 2. The lowest BCUT2D eigenvalue weighted by Crippen LogP contribution is -2.11. The summed E-state index contributed by atoms with van der Waals surface area (Å²) in [6.45, 7) is 0. The predicted molar refractivity (Wildman–Crippen MR) is 75.5 cm³/mol. The maximum atomic E-state index is 11.9. The first-order valence-corrected chi connectivity index (χ1v) is 5.90. The predicted octanol–water partition coefficient (Wildman–Crippen LogP) is 2.49. The highest BCUT2D eigenvalue weighted by atomic mass is 16.1. The van der Waals surface area contributed by atoms with Gasteiger partial charge >= 0.3 is 0 Å². The standard InChI is InChI=1S/C15H11N3O/c19-15-14(8-7-11-4-3-9-16-10-11)17-12-5-1-2-6-13(12)18-15/h1-10H,(H,18,19)/b8-7+. The Hall–Kier alpha value is -2.75. The minimum absolute atomic E-state index is 0.196. The van der Waals surface area contributed by atoms with Crippen LogP contribution in [0.4, 0.5) is 0 Å². The average Bonchev–Trinajstić information content (AvgIpc) is 2.46. The molecule has 0 fully saturated rings. The summed E-state index contributed by atoms with van der Waals surface area (Å²) in [5, 5.41) is 0. The number of benzene rings is 1. The summed E-state index contributed by atoms with van der Waals surface area (Å²) in [7, 11) is 0. The van der Waals surface area contributed by atoms with Crippen LogP contribution in [-0.4, -0.2) is 15.0 Å². The highest BCUT2D eigenvalue weighted by Gasteiger charge is 2.00. The monoisotopic (exact) mass is 249 g/mol. The smallest absolute Gasteiger partial charge is 0.274 e. The van der Waals surface area contributed by atoms with Crippen molar-refractivity contribution in [3.05, 3.63) is 70.4 Å². The maximum absolute atomic E-state index is 11.9. The molecule has 4 nitrogen and oxygen atoms in total. The quantitative estimate of drug-likeness (QED) is 0.759. The zero-order chi connectivity index (χ0) is 13.1. The van der Waals surface area contributed by atoms with Gasteiger partial charge in [-0.25, -0.2) is 4.98 Å². The van der Waals surface area contributed by atoms with E-state index in [1.807, 2.05) is 42.5 Å². The zero-order valence-electron chi connectivity index (χ0n) is 10.1. The van der Waals surface area contributed by atoms with E-state index in [0.29, 0.717) is 5.69 Å². The molecule has 92 valence electrons. The van der Waals surface area contributed by atoms with Crippen molar-refractivity contribution in [3.8, 4) is 0 Å². The number of rotatable bonds is 2. The number of nitrogens with zero attached hydrogens (tertiary/aromatic N) is 2. The first-order chi connectivity index (χ1) is 9.33. The summed E-state index contributed by atoms with van der Waals surface area (Å²) in [6, 6.07) is 11.2. The fourth-order valence-electron chi connectivity index (χ4n) is 1.81. The van der Waals surface area contributed by atoms with Crippen LogP contribution in [0.5, 0.6) is 0 Å². The third-order valence-corrected chi connectivity index (χ3v) is 2.74. The number of fused-ring (bicyclic) bond motifs is 1. The van der Waals surface area contributed by atoms with Gasteiger partial charge in [-0.15, -0.1) is 0 Å². The Balaban J connectivity index is 2.04.